The van der Waals surface area contributed by atoms with Crippen LogP contribution in [0.3, 0.4) is 0 Å². The Hall–Kier alpha value is -3.95. The maximum atomic E-state index is 13.5. The number of amides is 2. The maximum absolute atomic E-state index is 13.5. The van der Waals surface area contributed by atoms with Crippen molar-refractivity contribution in [2.75, 3.05) is 26.7 Å². The summed E-state index contributed by atoms with van der Waals surface area (Å²) in [6.07, 6.45) is -0.331. The van der Waals surface area contributed by atoms with Crippen molar-refractivity contribution in [3.63, 3.8) is 0 Å². The first kappa shape index (κ1) is 32.4. The first-order chi connectivity index (χ1) is 21.2. The maximum Gasteiger partial charge on any atom is 0.410 e. The Kier molecular flexibility index (Phi) is 8.97. The molecule has 0 atom stereocenters. The molecule has 0 unspecified atom stereocenters. The molecule has 238 valence electrons. The summed E-state index contributed by atoms with van der Waals surface area (Å²) in [7, 11) is -1.52. The van der Waals surface area contributed by atoms with Gasteiger partial charge in [-0.1, -0.05) is 87.5 Å². The highest BCUT2D eigenvalue weighted by Gasteiger charge is 2.50. The van der Waals surface area contributed by atoms with E-state index in [-0.39, 0.29) is 29.6 Å². The van der Waals surface area contributed by atoms with Gasteiger partial charge in [0.25, 0.3) is 14.2 Å². The van der Waals surface area contributed by atoms with Gasteiger partial charge in [-0.25, -0.2) is 9.59 Å². The van der Waals surface area contributed by atoms with E-state index in [0.29, 0.717) is 42.9 Å². The van der Waals surface area contributed by atoms with Crippen LogP contribution in [0.25, 0.3) is 0 Å². The summed E-state index contributed by atoms with van der Waals surface area (Å²) in [4.78, 5) is 42.4. The lowest BCUT2D eigenvalue weighted by Gasteiger charge is -2.43. The van der Waals surface area contributed by atoms with Crippen LogP contribution in [0.1, 0.15) is 73.4 Å². The fourth-order valence-corrected chi connectivity index (χ4v) is 11.0. The summed E-state index contributed by atoms with van der Waals surface area (Å²) < 4.78 is 17.8. The van der Waals surface area contributed by atoms with E-state index in [1.165, 1.54) is 7.11 Å². The average Bonchev–Trinajstić information content (AvgIpc) is 3.27. The van der Waals surface area contributed by atoms with Crippen LogP contribution in [0.2, 0.25) is 5.04 Å². The Balaban J connectivity index is 1.40. The first-order valence-electron chi connectivity index (χ1n) is 15.5. The molecule has 0 saturated carbocycles. The zero-order valence-corrected chi connectivity index (χ0v) is 28.4. The van der Waals surface area contributed by atoms with Gasteiger partial charge >= 0.3 is 12.1 Å². The molecule has 3 aromatic rings. The molecule has 3 aromatic carbocycles. The second-order valence-corrected chi connectivity index (χ2v) is 18.4. The normalized spacial score (nSPS) is 15.5. The molecule has 5 rings (SSSR count). The minimum atomic E-state index is -2.87. The fraction of sp³-hybridized carbons (Fsp3) is 0.417. The molecule has 2 heterocycles. The van der Waals surface area contributed by atoms with Crippen LogP contribution in [-0.4, -0.2) is 68.4 Å². The van der Waals surface area contributed by atoms with E-state index in [0.717, 1.165) is 15.9 Å². The number of carbonyl (C=O) groups is 3. The van der Waals surface area contributed by atoms with Gasteiger partial charge in [0.2, 0.25) is 0 Å². The van der Waals surface area contributed by atoms with Crippen LogP contribution >= 0.6 is 0 Å². The lowest BCUT2D eigenvalue weighted by molar-refractivity contribution is -0.00542. The highest BCUT2D eigenvalue weighted by Crippen LogP contribution is 2.38. The minimum absolute atomic E-state index is 0.120. The predicted molar refractivity (Wildman–Crippen MR) is 176 cm³/mol. The van der Waals surface area contributed by atoms with Crippen molar-refractivity contribution < 1.29 is 28.3 Å². The summed E-state index contributed by atoms with van der Waals surface area (Å²) in [6.45, 7) is 14.4. The zero-order chi connectivity index (χ0) is 32.6. The van der Waals surface area contributed by atoms with Gasteiger partial charge in [-0.2, -0.15) is 0 Å². The topological polar surface area (TPSA) is 85.4 Å². The largest absolute Gasteiger partial charge is 0.465 e. The summed E-state index contributed by atoms with van der Waals surface area (Å²) in [5, 5.41) is 2.05. The predicted octanol–water partition coefficient (Wildman–Crippen LogP) is 5.37. The van der Waals surface area contributed by atoms with Gasteiger partial charge in [-0.3, -0.25) is 4.79 Å². The Bertz CT molecular complexity index is 1520. The van der Waals surface area contributed by atoms with Crippen LogP contribution in [0.5, 0.6) is 0 Å². The first-order valence-corrected chi connectivity index (χ1v) is 17.4. The molecule has 1 saturated heterocycles. The van der Waals surface area contributed by atoms with Crippen LogP contribution in [0.4, 0.5) is 4.79 Å². The van der Waals surface area contributed by atoms with Gasteiger partial charge in [0.05, 0.1) is 19.3 Å². The second kappa shape index (κ2) is 12.4. The van der Waals surface area contributed by atoms with E-state index in [9.17, 15) is 14.4 Å². The van der Waals surface area contributed by atoms with Crippen LogP contribution in [0, 0.1) is 5.92 Å². The number of benzene rings is 3. The van der Waals surface area contributed by atoms with E-state index in [4.69, 9.17) is 13.9 Å². The van der Waals surface area contributed by atoms with Crippen molar-refractivity contribution in [2.45, 2.75) is 65.3 Å². The highest BCUT2D eigenvalue weighted by atomic mass is 28.4. The van der Waals surface area contributed by atoms with Crippen molar-refractivity contribution in [3.05, 3.63) is 95.1 Å². The van der Waals surface area contributed by atoms with Crippen molar-refractivity contribution in [2.24, 2.45) is 5.92 Å². The average molecular weight is 629 g/mol. The third-order valence-corrected chi connectivity index (χ3v) is 13.5. The summed E-state index contributed by atoms with van der Waals surface area (Å²) in [6, 6.07) is 24.3. The number of rotatable bonds is 8. The minimum Gasteiger partial charge on any atom is -0.465 e. The molecule has 2 amide bonds. The van der Waals surface area contributed by atoms with Gasteiger partial charge in [0.15, 0.2) is 0 Å². The molecule has 45 heavy (non-hydrogen) atoms. The SMILES string of the molecule is COC(=O)c1cc2c(cc1CO[Si](c1ccccc1)(c1ccccc1)C(C)(C)C)CN(CC1CN(C(=O)OC(C)(C)C)C1)C2=O. The van der Waals surface area contributed by atoms with Crippen LogP contribution in [-0.2, 0) is 27.1 Å². The van der Waals surface area contributed by atoms with Gasteiger partial charge in [0.1, 0.15) is 5.60 Å². The molecule has 0 bridgehead atoms. The Morgan fingerprint density at radius 1 is 0.889 bits per heavy atom. The van der Waals surface area contributed by atoms with Crippen LogP contribution in [0.15, 0.2) is 72.8 Å². The number of ether oxygens (including phenoxy) is 2. The molecule has 0 aliphatic carbocycles. The molecule has 0 spiro atoms. The summed E-state index contributed by atoms with van der Waals surface area (Å²) in [5.41, 5.74) is 1.85. The number of nitrogens with zero attached hydrogens (tertiary/aromatic N) is 2. The van der Waals surface area contributed by atoms with Gasteiger partial charge in [-0.15, -0.1) is 0 Å². The summed E-state index contributed by atoms with van der Waals surface area (Å²) >= 11 is 0. The van der Waals surface area contributed by atoms with Gasteiger partial charge in [0, 0.05) is 37.7 Å². The molecule has 1 fully saturated rings. The number of fused-ring (bicyclic) bond motifs is 1. The van der Waals surface area contributed by atoms with Crippen molar-refractivity contribution in [1.82, 2.24) is 9.80 Å². The molecule has 0 aromatic heterocycles. The molecule has 2 aliphatic rings. The van der Waals surface area contributed by atoms with Gasteiger partial charge < -0.3 is 23.7 Å². The lowest BCUT2D eigenvalue weighted by Crippen LogP contribution is -2.66. The lowest BCUT2D eigenvalue weighted by atomic mass is 10.00. The zero-order valence-electron chi connectivity index (χ0n) is 27.4. The van der Waals surface area contributed by atoms with E-state index >= 15 is 0 Å². The molecule has 9 heteroatoms. The Labute approximate surface area is 267 Å². The molecular weight excluding hydrogens is 584 g/mol. The molecule has 2 aliphatic heterocycles. The van der Waals surface area contributed by atoms with E-state index in [1.54, 1.807) is 15.9 Å². The van der Waals surface area contributed by atoms with Crippen molar-refractivity contribution in [1.29, 1.82) is 0 Å². The third-order valence-electron chi connectivity index (χ3n) is 8.56. The van der Waals surface area contributed by atoms with E-state index < -0.39 is 19.9 Å². The fourth-order valence-electron chi connectivity index (χ4n) is 6.46. The monoisotopic (exact) mass is 628 g/mol. The highest BCUT2D eigenvalue weighted by molar-refractivity contribution is 6.99. The molecular formula is C36H44N2O6Si. The number of hydrogen-bond donors (Lipinski definition) is 0. The molecule has 8 nitrogen and oxygen atoms in total. The number of methoxy groups -OCH3 is 1. The molecule has 0 radical (unpaired) electrons. The third kappa shape index (κ3) is 6.55. The van der Waals surface area contributed by atoms with E-state index in [1.807, 2.05) is 63.2 Å². The second-order valence-electron chi connectivity index (χ2n) is 14.0. The Morgan fingerprint density at radius 3 is 1.98 bits per heavy atom. The van der Waals surface area contributed by atoms with Crippen molar-refractivity contribution >= 4 is 36.7 Å². The van der Waals surface area contributed by atoms with E-state index in [2.05, 4.69) is 45.0 Å². The number of hydrogen-bond acceptors (Lipinski definition) is 6. The Morgan fingerprint density at radius 2 is 1.47 bits per heavy atom. The summed E-state index contributed by atoms with van der Waals surface area (Å²) in [5.74, 6) is -0.462. The number of esters is 1. The van der Waals surface area contributed by atoms with Gasteiger partial charge in [-0.05, 0) is 53.4 Å². The standard InChI is InChI=1S/C36H44N2O6Si/c1-35(2,3)44-34(41)38-21-25(22-38)20-37-23-26-18-27(31(33(40)42-7)19-30(26)32(37)39)24-43-45(36(4,5)6,28-14-10-8-11-15-28)29-16-12-9-13-17-29/h8-19,25H,20-24H2,1-7H3. The smallest absolute Gasteiger partial charge is 0.410 e. The number of carbonyl (C=O) groups excluding carboxylic acids is 3. The van der Waals surface area contributed by atoms with Crippen LogP contribution < -0.4 is 10.4 Å². The quantitative estimate of drug-likeness (QED) is 0.246. The number of likely N-dealkylation sites (tertiary alicyclic amines) is 1. The van der Waals surface area contributed by atoms with Crippen molar-refractivity contribution in [3.8, 4) is 0 Å². The molecule has 0 N–H and O–H groups in total.